The summed E-state index contributed by atoms with van der Waals surface area (Å²) in [5, 5.41) is 10.0. The van der Waals surface area contributed by atoms with Gasteiger partial charge in [-0.25, -0.2) is 14.6 Å². The Morgan fingerprint density at radius 1 is 1.12 bits per heavy atom. The van der Waals surface area contributed by atoms with Crippen molar-refractivity contribution in [3.05, 3.63) is 40.3 Å². The molecule has 6 rings (SSSR count). The lowest BCUT2D eigenvalue weighted by atomic mass is 9.88. The fraction of sp³-hybridized carbons (Fsp3) is 0.522. The number of rotatable bonds is 5. The first kappa shape index (κ1) is 20.7. The molecule has 0 unspecified atom stereocenters. The number of ether oxygens (including phenoxy) is 1. The van der Waals surface area contributed by atoms with Gasteiger partial charge in [0, 0.05) is 16.6 Å². The van der Waals surface area contributed by atoms with Gasteiger partial charge in [0.25, 0.3) is 0 Å². The number of hydrogen-bond donors (Lipinski definition) is 1. The standard InChI is InChI=1S/C23H26Cl2N6O/c1-23(4-5-23)31-21(25)20(11-27-31)29-22-26-10-15-8-18(24)17(9-19(15)28-22)14-2-6-30(7-3-14)16-12-32-13-16/h8-11,14,16H,2-7,12-13H2,1H3,(H,26,28,29). The molecule has 1 aromatic carbocycles. The number of likely N-dealkylation sites (tertiary alicyclic amines) is 1. The average Bonchev–Trinajstić information content (AvgIpc) is 3.39. The largest absolute Gasteiger partial charge is 0.378 e. The van der Waals surface area contributed by atoms with Crippen molar-refractivity contribution in [2.75, 3.05) is 31.6 Å². The third-order valence-corrected chi connectivity index (χ3v) is 7.94. The number of fused-ring (bicyclic) bond motifs is 1. The molecule has 7 nitrogen and oxygen atoms in total. The van der Waals surface area contributed by atoms with Crippen LogP contribution in [0, 0.1) is 0 Å². The van der Waals surface area contributed by atoms with E-state index in [2.05, 4.69) is 33.3 Å². The van der Waals surface area contributed by atoms with Gasteiger partial charge in [-0.1, -0.05) is 23.2 Å². The molecular formula is C23H26Cl2N6O. The van der Waals surface area contributed by atoms with Gasteiger partial charge in [-0.3, -0.25) is 4.90 Å². The summed E-state index contributed by atoms with van der Waals surface area (Å²) in [6.45, 7) is 6.08. The van der Waals surface area contributed by atoms with Gasteiger partial charge in [0.2, 0.25) is 5.95 Å². The molecule has 2 saturated heterocycles. The van der Waals surface area contributed by atoms with Crippen molar-refractivity contribution in [3.63, 3.8) is 0 Å². The van der Waals surface area contributed by atoms with Gasteiger partial charge in [-0.05, 0) is 69.3 Å². The molecule has 1 N–H and O–H groups in total. The predicted molar refractivity (Wildman–Crippen MR) is 126 cm³/mol. The molecule has 2 aromatic heterocycles. The normalized spacial score (nSPS) is 21.6. The zero-order valence-corrected chi connectivity index (χ0v) is 19.5. The summed E-state index contributed by atoms with van der Waals surface area (Å²) in [7, 11) is 0. The van der Waals surface area contributed by atoms with E-state index < -0.39 is 0 Å². The number of hydrogen-bond acceptors (Lipinski definition) is 6. The Balaban J connectivity index is 1.23. The van der Waals surface area contributed by atoms with Crippen LogP contribution >= 0.6 is 23.2 Å². The van der Waals surface area contributed by atoms with Crippen LogP contribution < -0.4 is 5.32 Å². The van der Waals surface area contributed by atoms with E-state index >= 15 is 0 Å². The first-order valence-electron chi connectivity index (χ1n) is 11.3. The molecule has 1 saturated carbocycles. The van der Waals surface area contributed by atoms with Gasteiger partial charge in [-0.15, -0.1) is 0 Å². The number of aromatic nitrogens is 4. The summed E-state index contributed by atoms with van der Waals surface area (Å²) in [6.07, 6.45) is 7.94. The summed E-state index contributed by atoms with van der Waals surface area (Å²) in [5.41, 5.74) is 2.82. The van der Waals surface area contributed by atoms with Crippen molar-refractivity contribution in [2.24, 2.45) is 0 Å². The fourth-order valence-electron chi connectivity index (χ4n) is 4.76. The molecule has 4 heterocycles. The van der Waals surface area contributed by atoms with Gasteiger partial charge in [0.1, 0.15) is 0 Å². The minimum atomic E-state index is 0.0359. The highest BCUT2D eigenvalue weighted by molar-refractivity contribution is 6.32. The third-order valence-electron chi connectivity index (χ3n) is 7.25. The lowest BCUT2D eigenvalue weighted by molar-refractivity contribution is -0.0712. The van der Waals surface area contributed by atoms with Crippen molar-refractivity contribution in [2.45, 2.75) is 50.1 Å². The average molecular weight is 473 g/mol. The first-order chi connectivity index (χ1) is 15.5. The Labute approximate surface area is 197 Å². The number of benzene rings is 1. The molecular weight excluding hydrogens is 447 g/mol. The summed E-state index contributed by atoms with van der Waals surface area (Å²) >= 11 is 13.2. The van der Waals surface area contributed by atoms with E-state index in [1.54, 1.807) is 12.4 Å². The van der Waals surface area contributed by atoms with E-state index in [1.807, 2.05) is 10.7 Å². The molecule has 32 heavy (non-hydrogen) atoms. The highest BCUT2D eigenvalue weighted by Crippen LogP contribution is 2.45. The van der Waals surface area contributed by atoms with E-state index in [9.17, 15) is 0 Å². The van der Waals surface area contributed by atoms with Crippen molar-refractivity contribution < 1.29 is 4.74 Å². The van der Waals surface area contributed by atoms with Crippen LogP contribution in [0.3, 0.4) is 0 Å². The zero-order valence-electron chi connectivity index (χ0n) is 18.0. The summed E-state index contributed by atoms with van der Waals surface area (Å²) < 4.78 is 7.24. The molecule has 0 spiro atoms. The van der Waals surface area contributed by atoms with Crippen LogP contribution in [0.4, 0.5) is 11.6 Å². The van der Waals surface area contributed by atoms with E-state index in [-0.39, 0.29) is 5.54 Å². The summed E-state index contributed by atoms with van der Waals surface area (Å²) in [4.78, 5) is 11.8. The van der Waals surface area contributed by atoms with Gasteiger partial charge in [-0.2, -0.15) is 5.10 Å². The predicted octanol–water partition coefficient (Wildman–Crippen LogP) is 4.96. The van der Waals surface area contributed by atoms with Crippen LogP contribution in [0.15, 0.2) is 24.5 Å². The quantitative estimate of drug-likeness (QED) is 0.565. The molecule has 3 fully saturated rings. The lowest BCUT2D eigenvalue weighted by Gasteiger charge is -2.41. The maximum absolute atomic E-state index is 6.68. The minimum absolute atomic E-state index is 0.0359. The van der Waals surface area contributed by atoms with E-state index in [4.69, 9.17) is 32.9 Å². The summed E-state index contributed by atoms with van der Waals surface area (Å²) in [6, 6.07) is 4.72. The van der Waals surface area contributed by atoms with E-state index in [0.717, 1.165) is 73.6 Å². The number of halogens is 2. The van der Waals surface area contributed by atoms with Crippen LogP contribution in [0.2, 0.25) is 10.2 Å². The molecule has 0 radical (unpaired) electrons. The Morgan fingerprint density at radius 2 is 1.91 bits per heavy atom. The van der Waals surface area contributed by atoms with Crippen molar-refractivity contribution in [3.8, 4) is 0 Å². The minimum Gasteiger partial charge on any atom is -0.378 e. The fourth-order valence-corrected chi connectivity index (χ4v) is 5.43. The van der Waals surface area contributed by atoms with Gasteiger partial charge < -0.3 is 10.1 Å². The van der Waals surface area contributed by atoms with E-state index in [0.29, 0.717) is 23.1 Å². The van der Waals surface area contributed by atoms with Crippen LogP contribution in [-0.2, 0) is 10.3 Å². The number of piperidine rings is 1. The maximum atomic E-state index is 6.68. The van der Waals surface area contributed by atoms with Crippen molar-refractivity contribution >= 4 is 45.7 Å². The Bertz CT molecular complexity index is 1160. The van der Waals surface area contributed by atoms with E-state index in [1.165, 1.54) is 5.56 Å². The van der Waals surface area contributed by atoms with Crippen LogP contribution in [0.1, 0.15) is 44.1 Å². The smallest absolute Gasteiger partial charge is 0.227 e. The Morgan fingerprint density at radius 3 is 2.59 bits per heavy atom. The molecule has 0 amide bonds. The summed E-state index contributed by atoms with van der Waals surface area (Å²) in [5.74, 6) is 0.954. The second kappa shape index (κ2) is 7.83. The molecule has 0 atom stereocenters. The van der Waals surface area contributed by atoms with Crippen LogP contribution in [0.25, 0.3) is 10.9 Å². The molecule has 3 aliphatic rings. The van der Waals surface area contributed by atoms with Gasteiger partial charge >= 0.3 is 0 Å². The third kappa shape index (κ3) is 3.65. The SMILES string of the molecule is CC1(n2ncc(Nc3ncc4cc(Cl)c(C5CCN(C6COC6)CC5)cc4n3)c2Cl)CC1. The highest BCUT2D eigenvalue weighted by atomic mass is 35.5. The van der Waals surface area contributed by atoms with Gasteiger partial charge in [0.05, 0.1) is 42.2 Å². The van der Waals surface area contributed by atoms with Crippen molar-refractivity contribution in [1.29, 1.82) is 0 Å². The molecule has 3 aromatic rings. The van der Waals surface area contributed by atoms with Gasteiger partial charge in [0.15, 0.2) is 5.15 Å². The van der Waals surface area contributed by atoms with Crippen LogP contribution in [-0.4, -0.2) is 57.0 Å². The molecule has 1 aliphatic carbocycles. The second-order valence-electron chi connectivity index (χ2n) is 9.51. The number of anilines is 2. The van der Waals surface area contributed by atoms with Crippen molar-refractivity contribution in [1.82, 2.24) is 24.6 Å². The maximum Gasteiger partial charge on any atom is 0.227 e. The number of nitrogens with zero attached hydrogens (tertiary/aromatic N) is 5. The Kier molecular flexibility index (Phi) is 5.06. The monoisotopic (exact) mass is 472 g/mol. The molecule has 9 heteroatoms. The second-order valence-corrected chi connectivity index (χ2v) is 10.3. The first-order valence-corrected chi connectivity index (χ1v) is 12.0. The molecule has 168 valence electrons. The number of nitrogens with one attached hydrogen (secondary N) is 1. The molecule has 0 bridgehead atoms. The highest BCUT2D eigenvalue weighted by Gasteiger charge is 2.42. The topological polar surface area (TPSA) is 68.1 Å². The molecule has 2 aliphatic heterocycles. The lowest BCUT2D eigenvalue weighted by Crippen LogP contribution is -2.51. The van der Waals surface area contributed by atoms with Crippen LogP contribution in [0.5, 0.6) is 0 Å². The Hall–Kier alpha value is -1.93. The zero-order chi connectivity index (χ0) is 21.9.